The number of alkyl halides is 2. The molecule has 76 valence electrons. The van der Waals surface area contributed by atoms with E-state index in [9.17, 15) is 8.78 Å². The molecule has 0 amide bonds. The molecule has 0 bridgehead atoms. The van der Waals surface area contributed by atoms with E-state index in [1.54, 1.807) is 0 Å². The summed E-state index contributed by atoms with van der Waals surface area (Å²) in [5.74, 6) is 0. The van der Waals surface area contributed by atoms with Gasteiger partial charge >= 0.3 is 0 Å². The van der Waals surface area contributed by atoms with Crippen LogP contribution >= 0.6 is 15.9 Å². The first kappa shape index (κ1) is 9.90. The van der Waals surface area contributed by atoms with Crippen LogP contribution in [-0.2, 0) is 6.42 Å². The zero-order valence-electron chi connectivity index (χ0n) is 7.49. The van der Waals surface area contributed by atoms with Crippen molar-refractivity contribution in [3.63, 3.8) is 0 Å². The third-order valence-electron chi connectivity index (χ3n) is 2.38. The lowest BCUT2D eigenvalue weighted by atomic mass is 10.00. The van der Waals surface area contributed by atoms with Crippen molar-refractivity contribution in [2.75, 3.05) is 11.9 Å². The molecule has 0 fully saturated rings. The molecule has 0 saturated carbocycles. The van der Waals surface area contributed by atoms with Crippen LogP contribution in [0.2, 0.25) is 0 Å². The van der Waals surface area contributed by atoms with Crippen LogP contribution in [0.3, 0.4) is 0 Å². The topological polar surface area (TPSA) is 12.0 Å². The number of anilines is 1. The number of hydrogen-bond donors (Lipinski definition) is 1. The Kier molecular flexibility index (Phi) is 2.72. The highest BCUT2D eigenvalue weighted by atomic mass is 79.9. The second-order valence-corrected chi connectivity index (χ2v) is 4.28. The molecule has 0 aliphatic carbocycles. The number of nitrogens with one attached hydrogen (secondary N) is 1. The lowest BCUT2D eigenvalue weighted by molar-refractivity contribution is 0.152. The summed E-state index contributed by atoms with van der Waals surface area (Å²) in [6, 6.07) is 3.40. The third kappa shape index (κ3) is 1.75. The standard InChI is InChI=1S/C10H10BrF2N/c11-7-4-6-2-1-3-14-9(6)8(5-7)10(12)13/h4-5,10,14H,1-3H2. The highest BCUT2D eigenvalue weighted by Gasteiger charge is 2.19. The predicted molar refractivity (Wildman–Crippen MR) is 55.9 cm³/mol. The van der Waals surface area contributed by atoms with Crippen molar-refractivity contribution in [3.8, 4) is 0 Å². The lowest BCUT2D eigenvalue weighted by Crippen LogP contribution is -2.14. The summed E-state index contributed by atoms with van der Waals surface area (Å²) >= 11 is 3.25. The van der Waals surface area contributed by atoms with Gasteiger partial charge in [0.15, 0.2) is 0 Å². The van der Waals surface area contributed by atoms with Gasteiger partial charge in [0.2, 0.25) is 0 Å². The van der Waals surface area contributed by atoms with Gasteiger partial charge in [0.05, 0.1) is 0 Å². The summed E-state index contributed by atoms with van der Waals surface area (Å²) in [6.07, 6.45) is -0.528. The van der Waals surface area contributed by atoms with Crippen LogP contribution in [0.15, 0.2) is 16.6 Å². The summed E-state index contributed by atoms with van der Waals surface area (Å²) in [4.78, 5) is 0. The Bertz CT molecular complexity index is 352. The number of aryl methyl sites for hydroxylation is 1. The first-order chi connectivity index (χ1) is 6.68. The molecule has 0 saturated heterocycles. The molecule has 14 heavy (non-hydrogen) atoms. The molecular weight excluding hydrogens is 252 g/mol. The highest BCUT2D eigenvalue weighted by molar-refractivity contribution is 9.10. The van der Waals surface area contributed by atoms with Crippen LogP contribution in [0.1, 0.15) is 24.0 Å². The number of hydrogen-bond acceptors (Lipinski definition) is 1. The van der Waals surface area contributed by atoms with Crippen LogP contribution in [0.25, 0.3) is 0 Å². The Labute approximate surface area is 89.6 Å². The second kappa shape index (κ2) is 3.85. The van der Waals surface area contributed by atoms with Crippen molar-refractivity contribution in [3.05, 3.63) is 27.7 Å². The summed E-state index contributed by atoms with van der Waals surface area (Å²) in [7, 11) is 0. The smallest absolute Gasteiger partial charge is 0.265 e. The molecular formula is C10H10BrF2N. The molecule has 4 heteroatoms. The normalized spacial score (nSPS) is 15.1. The van der Waals surface area contributed by atoms with Crippen molar-refractivity contribution in [1.29, 1.82) is 0 Å². The molecule has 0 spiro atoms. The number of benzene rings is 1. The zero-order chi connectivity index (χ0) is 10.1. The minimum atomic E-state index is -2.41. The molecule has 1 aliphatic rings. The van der Waals surface area contributed by atoms with Gasteiger partial charge in [0.25, 0.3) is 6.43 Å². The van der Waals surface area contributed by atoms with Crippen molar-refractivity contribution in [2.45, 2.75) is 19.3 Å². The molecule has 1 aromatic rings. The van der Waals surface area contributed by atoms with E-state index in [0.717, 1.165) is 29.4 Å². The van der Waals surface area contributed by atoms with Crippen molar-refractivity contribution >= 4 is 21.6 Å². The first-order valence-corrected chi connectivity index (χ1v) is 5.32. The van der Waals surface area contributed by atoms with Gasteiger partial charge in [-0.15, -0.1) is 0 Å². The average Bonchev–Trinajstić information content (AvgIpc) is 2.16. The second-order valence-electron chi connectivity index (χ2n) is 3.36. The minimum absolute atomic E-state index is 0.106. The Morgan fingerprint density at radius 3 is 2.86 bits per heavy atom. The van der Waals surface area contributed by atoms with E-state index in [1.807, 2.05) is 6.07 Å². The number of rotatable bonds is 1. The molecule has 0 unspecified atom stereocenters. The SMILES string of the molecule is FC(F)c1cc(Br)cc2c1NCCC2. The molecule has 0 aromatic heterocycles. The van der Waals surface area contributed by atoms with Gasteiger partial charge in [-0.3, -0.25) is 0 Å². The monoisotopic (exact) mass is 261 g/mol. The molecule has 2 rings (SSSR count). The van der Waals surface area contributed by atoms with Gasteiger partial charge < -0.3 is 5.32 Å². The van der Waals surface area contributed by atoms with Crippen LogP contribution in [0, 0.1) is 0 Å². The zero-order valence-corrected chi connectivity index (χ0v) is 9.07. The van der Waals surface area contributed by atoms with Crippen LogP contribution in [0.4, 0.5) is 14.5 Å². The summed E-state index contributed by atoms with van der Waals surface area (Å²) in [5, 5.41) is 3.04. The van der Waals surface area contributed by atoms with E-state index in [1.165, 1.54) is 6.07 Å². The number of halogens is 3. The molecule has 0 radical (unpaired) electrons. The van der Waals surface area contributed by atoms with Gasteiger partial charge in [0.1, 0.15) is 0 Å². The Balaban J connectivity index is 2.52. The molecule has 1 N–H and O–H groups in total. The fourth-order valence-electron chi connectivity index (χ4n) is 1.76. The number of fused-ring (bicyclic) bond motifs is 1. The van der Waals surface area contributed by atoms with E-state index >= 15 is 0 Å². The van der Waals surface area contributed by atoms with Gasteiger partial charge in [-0.25, -0.2) is 8.78 Å². The maximum atomic E-state index is 12.7. The molecule has 1 aromatic carbocycles. The van der Waals surface area contributed by atoms with Crippen LogP contribution < -0.4 is 5.32 Å². The van der Waals surface area contributed by atoms with E-state index in [0.29, 0.717) is 5.69 Å². The van der Waals surface area contributed by atoms with E-state index in [4.69, 9.17) is 0 Å². The summed E-state index contributed by atoms with van der Waals surface area (Å²) in [6.45, 7) is 0.786. The minimum Gasteiger partial charge on any atom is -0.384 e. The highest BCUT2D eigenvalue weighted by Crippen LogP contribution is 2.35. The Morgan fingerprint density at radius 2 is 2.14 bits per heavy atom. The van der Waals surface area contributed by atoms with Gasteiger partial charge in [0, 0.05) is 22.3 Å². The molecule has 1 aliphatic heterocycles. The maximum Gasteiger partial charge on any atom is 0.265 e. The lowest BCUT2D eigenvalue weighted by Gasteiger charge is -2.21. The van der Waals surface area contributed by atoms with Gasteiger partial charge in [-0.2, -0.15) is 0 Å². The van der Waals surface area contributed by atoms with Crippen molar-refractivity contribution in [2.24, 2.45) is 0 Å². The Hall–Kier alpha value is -0.640. The van der Waals surface area contributed by atoms with Gasteiger partial charge in [-0.05, 0) is 30.5 Å². The van der Waals surface area contributed by atoms with Crippen LogP contribution in [0.5, 0.6) is 0 Å². The summed E-state index contributed by atoms with van der Waals surface area (Å²) in [5.41, 5.74) is 1.73. The molecule has 0 atom stereocenters. The fourth-order valence-corrected chi connectivity index (χ4v) is 2.29. The quantitative estimate of drug-likeness (QED) is 0.812. The van der Waals surface area contributed by atoms with E-state index in [-0.39, 0.29) is 5.56 Å². The maximum absolute atomic E-state index is 12.7. The first-order valence-electron chi connectivity index (χ1n) is 4.53. The predicted octanol–water partition coefficient (Wildman–Crippen LogP) is 3.74. The van der Waals surface area contributed by atoms with Crippen LogP contribution in [-0.4, -0.2) is 6.54 Å². The van der Waals surface area contributed by atoms with Gasteiger partial charge in [-0.1, -0.05) is 15.9 Å². The molecule has 1 nitrogen and oxygen atoms in total. The largest absolute Gasteiger partial charge is 0.384 e. The van der Waals surface area contributed by atoms with Crippen molar-refractivity contribution < 1.29 is 8.78 Å². The van der Waals surface area contributed by atoms with Crippen molar-refractivity contribution in [1.82, 2.24) is 0 Å². The Morgan fingerprint density at radius 1 is 1.36 bits per heavy atom. The summed E-state index contributed by atoms with van der Waals surface area (Å²) < 4.78 is 26.1. The fraction of sp³-hybridized carbons (Fsp3) is 0.400. The third-order valence-corrected chi connectivity index (χ3v) is 2.83. The molecule has 1 heterocycles. The average molecular weight is 262 g/mol. The van der Waals surface area contributed by atoms with E-state index < -0.39 is 6.43 Å². The van der Waals surface area contributed by atoms with E-state index in [2.05, 4.69) is 21.2 Å².